The summed E-state index contributed by atoms with van der Waals surface area (Å²) < 4.78 is 0. The van der Waals surface area contributed by atoms with Crippen LogP contribution in [0.2, 0.25) is 0 Å². The fraction of sp³-hybridized carbons (Fsp3) is 0.632. The highest BCUT2D eigenvalue weighted by molar-refractivity contribution is 5.90. The zero-order valence-corrected chi connectivity index (χ0v) is 15.2. The lowest BCUT2D eigenvalue weighted by molar-refractivity contribution is -0.124. The molecule has 0 unspecified atom stereocenters. The van der Waals surface area contributed by atoms with Crippen molar-refractivity contribution in [1.29, 1.82) is 0 Å². The first-order valence-electron chi connectivity index (χ1n) is 9.66. The van der Waals surface area contributed by atoms with Gasteiger partial charge in [0, 0.05) is 43.2 Å². The van der Waals surface area contributed by atoms with Crippen LogP contribution in [-0.4, -0.2) is 51.7 Å². The number of piperidine rings is 1. The second-order valence-electron chi connectivity index (χ2n) is 7.40. The van der Waals surface area contributed by atoms with Crippen LogP contribution in [0.1, 0.15) is 50.5 Å². The topological polar surface area (TPSA) is 90.4 Å². The highest BCUT2D eigenvalue weighted by atomic mass is 16.5. The van der Waals surface area contributed by atoms with E-state index in [9.17, 15) is 4.79 Å². The molecule has 3 rings (SSSR count). The molecule has 1 saturated heterocycles. The maximum absolute atomic E-state index is 11.0. The number of aromatic nitrogens is 2. The van der Waals surface area contributed by atoms with E-state index in [-0.39, 0.29) is 0 Å². The molecular formula is C19H29N5O2. The zero-order valence-electron chi connectivity index (χ0n) is 15.2. The van der Waals surface area contributed by atoms with Gasteiger partial charge < -0.3 is 10.2 Å². The summed E-state index contributed by atoms with van der Waals surface area (Å²) in [6, 6.07) is 0.383. The van der Waals surface area contributed by atoms with Crippen molar-refractivity contribution < 1.29 is 10.0 Å². The van der Waals surface area contributed by atoms with Crippen molar-refractivity contribution in [2.75, 3.05) is 25.0 Å². The zero-order chi connectivity index (χ0) is 18.2. The molecule has 0 bridgehead atoms. The van der Waals surface area contributed by atoms with Crippen LogP contribution in [0.3, 0.4) is 0 Å². The molecule has 2 fully saturated rings. The summed E-state index contributed by atoms with van der Waals surface area (Å²) in [4.78, 5) is 22.2. The van der Waals surface area contributed by atoms with Crippen molar-refractivity contribution in [2.45, 2.75) is 51.0 Å². The van der Waals surface area contributed by atoms with Crippen LogP contribution in [0.15, 0.2) is 18.5 Å². The Morgan fingerprint density at radius 3 is 2.69 bits per heavy atom. The minimum Gasteiger partial charge on any atom is -0.350 e. The molecule has 0 radical (unpaired) electrons. The van der Waals surface area contributed by atoms with Gasteiger partial charge in [-0.15, -0.1) is 0 Å². The average molecular weight is 359 g/mol. The third kappa shape index (κ3) is 5.78. The van der Waals surface area contributed by atoms with Crippen molar-refractivity contribution in [1.82, 2.24) is 20.3 Å². The van der Waals surface area contributed by atoms with Crippen molar-refractivity contribution in [3.63, 3.8) is 0 Å². The lowest BCUT2D eigenvalue weighted by atomic mass is 9.88. The Bertz CT molecular complexity index is 598. The summed E-state index contributed by atoms with van der Waals surface area (Å²) in [7, 11) is 0. The van der Waals surface area contributed by atoms with E-state index < -0.39 is 5.91 Å². The van der Waals surface area contributed by atoms with Crippen molar-refractivity contribution in [3.8, 4) is 0 Å². The number of anilines is 1. The number of likely N-dealkylation sites (tertiary alicyclic amines) is 1. The van der Waals surface area contributed by atoms with Crippen LogP contribution in [0.25, 0.3) is 6.08 Å². The Hall–Kier alpha value is -1.99. The summed E-state index contributed by atoms with van der Waals surface area (Å²) in [5.41, 5.74) is 2.26. The molecular weight excluding hydrogens is 330 g/mol. The molecule has 1 aromatic heterocycles. The summed E-state index contributed by atoms with van der Waals surface area (Å²) in [5, 5.41) is 11.9. The first kappa shape index (κ1) is 18.8. The number of hydroxylamine groups is 1. The van der Waals surface area contributed by atoms with Gasteiger partial charge in [-0.1, -0.05) is 19.3 Å². The molecule has 1 saturated carbocycles. The van der Waals surface area contributed by atoms with Gasteiger partial charge in [-0.3, -0.25) is 10.0 Å². The molecule has 7 nitrogen and oxygen atoms in total. The van der Waals surface area contributed by atoms with E-state index in [2.05, 4.69) is 20.2 Å². The summed E-state index contributed by atoms with van der Waals surface area (Å²) in [6.07, 6.45) is 15.5. The Balaban J connectivity index is 1.48. The molecule has 0 aromatic carbocycles. The smallest absolute Gasteiger partial charge is 0.267 e. The highest BCUT2D eigenvalue weighted by Gasteiger charge is 2.23. The van der Waals surface area contributed by atoms with Gasteiger partial charge in [0.25, 0.3) is 5.91 Å². The monoisotopic (exact) mass is 359 g/mol. The molecule has 26 heavy (non-hydrogen) atoms. The Labute approximate surface area is 154 Å². The molecule has 1 aliphatic carbocycles. The van der Waals surface area contributed by atoms with E-state index in [1.54, 1.807) is 23.9 Å². The second kappa shape index (κ2) is 9.64. The first-order valence-corrected chi connectivity index (χ1v) is 9.66. The SMILES string of the molecule is O=C(/C=C/c1cnc(N[C@@H]2CCCN(CC3CCCCC3)C2)nc1)NO. The summed E-state index contributed by atoms with van der Waals surface area (Å²) in [6.45, 7) is 3.49. The first-order chi connectivity index (χ1) is 12.7. The van der Waals surface area contributed by atoms with E-state index in [0.717, 1.165) is 18.9 Å². The fourth-order valence-electron chi connectivity index (χ4n) is 3.96. The van der Waals surface area contributed by atoms with Crippen molar-refractivity contribution >= 4 is 17.9 Å². The molecule has 1 aromatic rings. The fourth-order valence-corrected chi connectivity index (χ4v) is 3.96. The molecule has 7 heteroatoms. The lowest BCUT2D eigenvalue weighted by Crippen LogP contribution is -2.44. The van der Waals surface area contributed by atoms with Crippen LogP contribution in [0.5, 0.6) is 0 Å². The van der Waals surface area contributed by atoms with E-state index in [4.69, 9.17) is 5.21 Å². The molecule has 1 amide bonds. The number of nitrogens with zero attached hydrogens (tertiary/aromatic N) is 3. The standard InChI is InChI=1S/C19H29N5O2/c25-18(23-26)9-8-16-11-20-19(21-12-16)22-17-7-4-10-24(14-17)13-15-5-2-1-3-6-15/h8-9,11-12,15,17,26H,1-7,10,13-14H2,(H,23,25)(H,20,21,22)/b9-8+/t17-/m1/s1. The number of rotatable bonds is 6. The Morgan fingerprint density at radius 1 is 1.19 bits per heavy atom. The van der Waals surface area contributed by atoms with Crippen LogP contribution in [0, 0.1) is 5.92 Å². The van der Waals surface area contributed by atoms with E-state index in [0.29, 0.717) is 17.6 Å². The minimum atomic E-state index is -0.576. The van der Waals surface area contributed by atoms with Gasteiger partial charge in [0.15, 0.2) is 0 Å². The van der Waals surface area contributed by atoms with Gasteiger partial charge in [-0.2, -0.15) is 0 Å². The van der Waals surface area contributed by atoms with Gasteiger partial charge in [0.1, 0.15) is 0 Å². The number of hydrogen-bond donors (Lipinski definition) is 3. The number of amides is 1. The molecule has 142 valence electrons. The maximum Gasteiger partial charge on any atom is 0.267 e. The third-order valence-electron chi connectivity index (χ3n) is 5.29. The van der Waals surface area contributed by atoms with Gasteiger partial charge >= 0.3 is 0 Å². The Kier molecular flexibility index (Phi) is 6.96. The van der Waals surface area contributed by atoms with E-state index in [1.807, 2.05) is 0 Å². The average Bonchev–Trinajstić information content (AvgIpc) is 2.68. The van der Waals surface area contributed by atoms with Gasteiger partial charge in [-0.25, -0.2) is 15.4 Å². The van der Waals surface area contributed by atoms with Crippen LogP contribution in [-0.2, 0) is 4.79 Å². The van der Waals surface area contributed by atoms with Crippen LogP contribution < -0.4 is 10.8 Å². The minimum absolute atomic E-state index is 0.383. The molecule has 1 aliphatic heterocycles. The van der Waals surface area contributed by atoms with Gasteiger partial charge in [-0.05, 0) is 44.2 Å². The predicted molar refractivity (Wildman–Crippen MR) is 101 cm³/mol. The van der Waals surface area contributed by atoms with Crippen molar-refractivity contribution in [2.24, 2.45) is 5.92 Å². The third-order valence-corrected chi connectivity index (χ3v) is 5.29. The van der Waals surface area contributed by atoms with Crippen LogP contribution >= 0.6 is 0 Å². The number of carbonyl (C=O) groups excluding carboxylic acids is 1. The van der Waals surface area contributed by atoms with Gasteiger partial charge in [0.05, 0.1) is 0 Å². The van der Waals surface area contributed by atoms with Gasteiger partial charge in [0.2, 0.25) is 5.95 Å². The number of carbonyl (C=O) groups is 1. The molecule has 1 atom stereocenters. The number of hydrogen-bond acceptors (Lipinski definition) is 6. The van der Waals surface area contributed by atoms with Crippen LogP contribution in [0.4, 0.5) is 5.95 Å². The quantitative estimate of drug-likeness (QED) is 0.411. The highest BCUT2D eigenvalue weighted by Crippen LogP contribution is 2.25. The molecule has 3 N–H and O–H groups in total. The summed E-state index contributed by atoms with van der Waals surface area (Å²) in [5.74, 6) is 0.923. The molecule has 2 heterocycles. The molecule has 2 aliphatic rings. The second-order valence-corrected chi connectivity index (χ2v) is 7.40. The normalized spacial score (nSPS) is 22.4. The predicted octanol–water partition coefficient (Wildman–Crippen LogP) is 2.45. The largest absolute Gasteiger partial charge is 0.350 e. The Morgan fingerprint density at radius 2 is 1.96 bits per heavy atom. The van der Waals surface area contributed by atoms with E-state index >= 15 is 0 Å². The van der Waals surface area contributed by atoms with E-state index in [1.165, 1.54) is 57.7 Å². The summed E-state index contributed by atoms with van der Waals surface area (Å²) >= 11 is 0. The number of nitrogens with one attached hydrogen (secondary N) is 2. The maximum atomic E-state index is 11.0. The lowest BCUT2D eigenvalue weighted by Gasteiger charge is -2.36. The van der Waals surface area contributed by atoms with Crippen molar-refractivity contribution in [3.05, 3.63) is 24.0 Å². The molecule has 0 spiro atoms.